The van der Waals surface area contributed by atoms with Crippen LogP contribution in [0.2, 0.25) is 0 Å². The zero-order valence-electron chi connectivity index (χ0n) is 34.4. The topological polar surface area (TPSA) is 209 Å². The largest absolute Gasteiger partial charge is 0.392 e. The Kier molecular flexibility index (Phi) is 23.6. The molecule has 13 atom stereocenters. The Morgan fingerprint density at radius 1 is 0.782 bits per heavy atom. The maximum Gasteiger partial charge on any atom is 0.150 e. The van der Waals surface area contributed by atoms with Gasteiger partial charge in [0.05, 0.1) is 48.5 Å². The van der Waals surface area contributed by atoms with Gasteiger partial charge in [-0.1, -0.05) is 72.6 Å². The van der Waals surface area contributed by atoms with Crippen LogP contribution in [-0.2, 0) is 33.5 Å². The van der Waals surface area contributed by atoms with Crippen LogP contribution >= 0.6 is 0 Å². The number of aldehydes is 6. The average Bonchev–Trinajstić information content (AvgIpc) is 3.19. The Balaban J connectivity index is 2.87. The SMILES string of the molecule is CCCC[C@@H]1C(C=O)N(C)[C@@H](CC(C)C)C(C=O)N[C@@H](C2CCCCC2)C(C=O)N[C@@H](CN)C(C=O)N[C@H]([C@H](C)O)C(C=O)NCC(C=O)O[C@@H]1CCCC. The molecule has 0 amide bonds. The molecule has 14 nitrogen and oxygen atoms in total. The predicted molar refractivity (Wildman–Crippen MR) is 214 cm³/mol. The van der Waals surface area contributed by atoms with E-state index in [2.05, 4.69) is 49.0 Å². The highest BCUT2D eigenvalue weighted by Crippen LogP contribution is 2.32. The summed E-state index contributed by atoms with van der Waals surface area (Å²) in [6, 6.07) is -7.13. The number of hydrogen-bond donors (Lipinski definition) is 6. The number of likely N-dealkylation sites (N-methyl/N-ethyl adjacent to an activating group) is 1. The van der Waals surface area contributed by atoms with E-state index >= 15 is 0 Å². The molecule has 55 heavy (non-hydrogen) atoms. The molecular weight excluding hydrogens is 704 g/mol. The lowest BCUT2D eigenvalue weighted by Crippen LogP contribution is -2.67. The number of carbonyl (C=O) groups excluding carboxylic acids is 6. The van der Waals surface area contributed by atoms with Gasteiger partial charge in [-0.2, -0.15) is 0 Å². The second kappa shape index (κ2) is 26.6. The van der Waals surface area contributed by atoms with Gasteiger partial charge in [-0.15, -0.1) is 0 Å². The molecule has 0 aromatic rings. The first-order valence-corrected chi connectivity index (χ1v) is 21.0. The van der Waals surface area contributed by atoms with Crippen molar-refractivity contribution in [3.8, 4) is 0 Å². The van der Waals surface area contributed by atoms with Crippen molar-refractivity contribution in [2.75, 3.05) is 20.1 Å². The summed E-state index contributed by atoms with van der Waals surface area (Å²) < 4.78 is 6.60. The molecule has 2 fully saturated rings. The fraction of sp³-hybridized carbons (Fsp3) is 0.854. The Morgan fingerprint density at radius 2 is 1.40 bits per heavy atom. The Hall–Kier alpha value is -2.30. The Bertz CT molecular complexity index is 1130. The van der Waals surface area contributed by atoms with Crippen molar-refractivity contribution in [1.29, 1.82) is 0 Å². The standard InChI is InChI=1S/C41H74N6O8/c1-7-9-16-31-38(26-53)47(6)37(18-27(3)4)34(23-50)46-41(29-14-12-11-13-15-29)36(25-52)44-32(19-42)33(22-49)45-40(28(5)54)35(24-51)43-20-30(21-48)55-39(31)17-10-8-2/h21-41,43-46,54H,7-20,42H2,1-6H3/t28-,30?,31+,32-,33?,34?,35?,36?,37-,38?,39+,40+,41-/m0/s1. The highest BCUT2D eigenvalue weighted by atomic mass is 16.5. The lowest BCUT2D eigenvalue weighted by Gasteiger charge is -2.44. The van der Waals surface area contributed by atoms with Gasteiger partial charge in [0.2, 0.25) is 0 Å². The molecular formula is C41H74N6O8. The molecule has 6 unspecified atom stereocenters. The van der Waals surface area contributed by atoms with Crippen molar-refractivity contribution in [1.82, 2.24) is 26.2 Å². The van der Waals surface area contributed by atoms with Crippen molar-refractivity contribution >= 4 is 37.7 Å². The molecule has 1 saturated heterocycles. The summed E-state index contributed by atoms with van der Waals surface area (Å²) in [5, 5.41) is 24.0. The molecule has 316 valence electrons. The van der Waals surface area contributed by atoms with Crippen molar-refractivity contribution in [3.05, 3.63) is 0 Å². The molecule has 2 aliphatic rings. The molecule has 14 heteroatoms. The second-order valence-electron chi connectivity index (χ2n) is 16.4. The number of hydrogen-bond acceptors (Lipinski definition) is 14. The Morgan fingerprint density at radius 3 is 1.91 bits per heavy atom. The molecule has 0 aromatic heterocycles. The first-order valence-electron chi connectivity index (χ1n) is 21.0. The van der Waals surface area contributed by atoms with Crippen LogP contribution in [-0.4, -0.2) is 141 Å². The predicted octanol–water partition coefficient (Wildman–Crippen LogP) is 1.52. The summed E-state index contributed by atoms with van der Waals surface area (Å²) in [5.41, 5.74) is 6.25. The van der Waals surface area contributed by atoms with Gasteiger partial charge >= 0.3 is 0 Å². The average molecular weight is 779 g/mol. The van der Waals surface area contributed by atoms with E-state index in [-0.39, 0.29) is 30.8 Å². The van der Waals surface area contributed by atoms with E-state index < -0.39 is 72.7 Å². The molecule has 7 N–H and O–H groups in total. The van der Waals surface area contributed by atoms with Gasteiger partial charge in [0.25, 0.3) is 0 Å². The quantitative estimate of drug-likeness (QED) is 0.116. The van der Waals surface area contributed by atoms with Crippen LogP contribution < -0.4 is 27.0 Å². The zero-order chi connectivity index (χ0) is 40.9. The lowest BCUT2D eigenvalue weighted by atomic mass is 9.80. The van der Waals surface area contributed by atoms with E-state index in [1.54, 1.807) is 0 Å². The summed E-state index contributed by atoms with van der Waals surface area (Å²) in [5.74, 6) is -0.148. The third kappa shape index (κ3) is 14.9. The van der Waals surface area contributed by atoms with Crippen LogP contribution in [0.4, 0.5) is 0 Å². The van der Waals surface area contributed by atoms with Crippen molar-refractivity contribution in [2.45, 2.75) is 184 Å². The lowest BCUT2D eigenvalue weighted by molar-refractivity contribution is -0.132. The number of unbranched alkanes of at least 4 members (excludes halogenated alkanes) is 2. The zero-order valence-corrected chi connectivity index (χ0v) is 34.4. The third-order valence-corrected chi connectivity index (χ3v) is 11.9. The van der Waals surface area contributed by atoms with Gasteiger partial charge < -0.3 is 60.3 Å². The summed E-state index contributed by atoms with van der Waals surface area (Å²) in [6.45, 7) is 9.64. The number of aliphatic hydroxyl groups excluding tert-OH is 1. The number of carbonyl (C=O) groups is 6. The van der Waals surface area contributed by atoms with Gasteiger partial charge in [0.15, 0.2) is 0 Å². The Labute approximate surface area is 330 Å². The molecule has 0 bridgehead atoms. The molecule has 1 aliphatic carbocycles. The van der Waals surface area contributed by atoms with Crippen LogP contribution in [0.3, 0.4) is 0 Å². The monoisotopic (exact) mass is 779 g/mol. The summed E-state index contributed by atoms with van der Waals surface area (Å²) in [4.78, 5) is 79.6. The van der Waals surface area contributed by atoms with Crippen molar-refractivity contribution in [3.63, 3.8) is 0 Å². The van der Waals surface area contributed by atoms with Crippen LogP contribution in [0, 0.1) is 17.8 Å². The highest BCUT2D eigenvalue weighted by Gasteiger charge is 2.42. The van der Waals surface area contributed by atoms with Gasteiger partial charge in [0, 0.05) is 37.1 Å². The minimum atomic E-state index is -1.13. The van der Waals surface area contributed by atoms with Gasteiger partial charge in [-0.25, -0.2) is 0 Å². The maximum absolute atomic E-state index is 13.4. The second-order valence-corrected chi connectivity index (χ2v) is 16.4. The number of aliphatic hydroxyl groups is 1. The van der Waals surface area contributed by atoms with Gasteiger partial charge in [-0.05, 0) is 57.9 Å². The van der Waals surface area contributed by atoms with Crippen LogP contribution in [0.15, 0.2) is 0 Å². The van der Waals surface area contributed by atoms with E-state index in [4.69, 9.17) is 10.5 Å². The van der Waals surface area contributed by atoms with Gasteiger partial charge in [-0.3, -0.25) is 10.2 Å². The van der Waals surface area contributed by atoms with Crippen molar-refractivity contribution < 1.29 is 38.6 Å². The van der Waals surface area contributed by atoms with Gasteiger partial charge in [0.1, 0.15) is 43.8 Å². The smallest absolute Gasteiger partial charge is 0.150 e. The fourth-order valence-corrected chi connectivity index (χ4v) is 8.74. The third-order valence-electron chi connectivity index (χ3n) is 11.9. The summed E-state index contributed by atoms with van der Waals surface area (Å²) >= 11 is 0. The number of nitrogens with zero attached hydrogens (tertiary/aromatic N) is 1. The van der Waals surface area contributed by atoms with Crippen LogP contribution in [0.1, 0.15) is 112 Å². The number of nitrogens with two attached hydrogens (primary N) is 1. The van der Waals surface area contributed by atoms with E-state index in [1.807, 2.05) is 11.9 Å². The molecule has 1 aliphatic heterocycles. The number of nitrogens with one attached hydrogen (secondary N) is 4. The van der Waals surface area contributed by atoms with E-state index in [9.17, 15) is 33.9 Å². The maximum atomic E-state index is 13.4. The fourth-order valence-electron chi connectivity index (χ4n) is 8.74. The molecule has 0 spiro atoms. The normalized spacial score (nSPS) is 35.1. The van der Waals surface area contributed by atoms with Crippen LogP contribution in [0.25, 0.3) is 0 Å². The number of ether oxygens (including phenoxy) is 1. The minimum Gasteiger partial charge on any atom is -0.392 e. The van der Waals surface area contributed by atoms with Crippen LogP contribution in [0.5, 0.6) is 0 Å². The first kappa shape index (κ1) is 48.8. The molecule has 0 aromatic carbocycles. The van der Waals surface area contributed by atoms with E-state index in [0.717, 1.165) is 76.6 Å². The summed E-state index contributed by atoms with van der Waals surface area (Å²) in [7, 11) is 1.88. The van der Waals surface area contributed by atoms with Crippen molar-refractivity contribution in [2.24, 2.45) is 23.5 Å². The highest BCUT2D eigenvalue weighted by molar-refractivity contribution is 5.65. The summed E-state index contributed by atoms with van der Waals surface area (Å²) in [6.07, 6.45) is 11.8. The minimum absolute atomic E-state index is 0.0270. The molecule has 1 saturated carbocycles. The molecule has 0 radical (unpaired) electrons. The van der Waals surface area contributed by atoms with E-state index in [0.29, 0.717) is 38.1 Å². The molecule has 1 heterocycles. The first-order chi connectivity index (χ1) is 26.5. The van der Waals surface area contributed by atoms with E-state index in [1.165, 1.54) is 6.92 Å². The molecule has 2 rings (SSSR count). The number of rotatable bonds is 17.